The fourth-order valence-corrected chi connectivity index (χ4v) is 2.96. The molecule has 0 aliphatic carbocycles. The molecule has 0 aliphatic rings. The van der Waals surface area contributed by atoms with Gasteiger partial charge < -0.3 is 10.2 Å². The molecule has 0 amide bonds. The van der Waals surface area contributed by atoms with Crippen molar-refractivity contribution in [3.05, 3.63) is 63.0 Å². The highest BCUT2D eigenvalue weighted by Gasteiger charge is 2.14. The minimum atomic E-state index is -0.346. The average Bonchev–Trinajstić information content (AvgIpc) is 2.93. The van der Waals surface area contributed by atoms with Gasteiger partial charge in [-0.05, 0) is 25.7 Å². The number of benzene rings is 1. The second-order valence-electron chi connectivity index (χ2n) is 5.02. The summed E-state index contributed by atoms with van der Waals surface area (Å²) >= 11 is 1.22. The average molecular weight is 305 g/mol. The summed E-state index contributed by atoms with van der Waals surface area (Å²) in [4.78, 5) is 13.5. The van der Waals surface area contributed by atoms with E-state index in [9.17, 15) is 10.1 Å². The fraction of sp³-hybridized carbons (Fsp3) is 0.333. The normalized spacial score (nSPS) is 12.5. The van der Waals surface area contributed by atoms with Gasteiger partial charge in [0.25, 0.3) is 0 Å². The van der Waals surface area contributed by atoms with E-state index in [1.807, 2.05) is 24.3 Å². The van der Waals surface area contributed by atoms with E-state index in [0.717, 1.165) is 11.4 Å². The number of hydrogen-bond donors (Lipinski definition) is 1. The molecule has 1 atom stereocenters. The maximum atomic E-state index is 10.7. The highest BCUT2D eigenvalue weighted by Crippen LogP contribution is 2.24. The standard InChI is InChI=1S/C15H19N3O2S/c1-17(2)14(12-6-4-3-5-7-12)11-16-10-13-8-9-15(21-13)18(19)20/h3-9,14,16H,10-11H2,1-2H3. The predicted octanol–water partition coefficient (Wildman–Crippen LogP) is 3.05. The Balaban J connectivity index is 1.92. The van der Waals surface area contributed by atoms with E-state index < -0.39 is 0 Å². The summed E-state index contributed by atoms with van der Waals surface area (Å²) in [7, 11) is 4.10. The third kappa shape index (κ3) is 4.35. The van der Waals surface area contributed by atoms with Gasteiger partial charge in [0.05, 0.1) is 4.92 Å². The maximum absolute atomic E-state index is 10.7. The molecule has 112 valence electrons. The topological polar surface area (TPSA) is 58.4 Å². The zero-order valence-electron chi connectivity index (χ0n) is 12.2. The van der Waals surface area contributed by atoms with Crippen LogP contribution in [0.2, 0.25) is 0 Å². The molecule has 2 rings (SSSR count). The van der Waals surface area contributed by atoms with E-state index in [-0.39, 0.29) is 16.0 Å². The number of nitrogens with zero attached hydrogens (tertiary/aromatic N) is 2. The van der Waals surface area contributed by atoms with Crippen LogP contribution < -0.4 is 5.32 Å². The molecule has 6 heteroatoms. The lowest BCUT2D eigenvalue weighted by Gasteiger charge is -2.25. The molecular weight excluding hydrogens is 286 g/mol. The number of thiophene rings is 1. The molecule has 1 heterocycles. The van der Waals surface area contributed by atoms with Crippen LogP contribution in [-0.2, 0) is 6.54 Å². The number of nitrogens with one attached hydrogen (secondary N) is 1. The molecule has 21 heavy (non-hydrogen) atoms. The maximum Gasteiger partial charge on any atom is 0.324 e. The molecule has 1 N–H and O–H groups in total. The van der Waals surface area contributed by atoms with Crippen molar-refractivity contribution in [2.24, 2.45) is 0 Å². The molecule has 0 spiro atoms. The van der Waals surface area contributed by atoms with Crippen LogP contribution in [-0.4, -0.2) is 30.5 Å². The van der Waals surface area contributed by atoms with E-state index in [0.29, 0.717) is 6.54 Å². The van der Waals surface area contributed by atoms with Crippen molar-refractivity contribution in [3.63, 3.8) is 0 Å². The molecule has 5 nitrogen and oxygen atoms in total. The van der Waals surface area contributed by atoms with Gasteiger partial charge in [-0.3, -0.25) is 10.1 Å². The van der Waals surface area contributed by atoms with Crippen molar-refractivity contribution in [2.75, 3.05) is 20.6 Å². The molecular formula is C15H19N3O2S. The summed E-state index contributed by atoms with van der Waals surface area (Å²) in [5.74, 6) is 0. The summed E-state index contributed by atoms with van der Waals surface area (Å²) in [5.41, 5.74) is 1.26. The van der Waals surface area contributed by atoms with Crippen LogP contribution in [0.1, 0.15) is 16.5 Å². The number of rotatable bonds is 7. The lowest BCUT2D eigenvalue weighted by atomic mass is 10.1. The van der Waals surface area contributed by atoms with E-state index in [4.69, 9.17) is 0 Å². The lowest BCUT2D eigenvalue weighted by Crippen LogP contribution is -2.30. The Labute approximate surface area is 128 Å². The summed E-state index contributed by atoms with van der Waals surface area (Å²) in [6.45, 7) is 1.44. The minimum absolute atomic E-state index is 0.194. The molecule has 1 aromatic heterocycles. The van der Waals surface area contributed by atoms with Gasteiger partial charge in [0, 0.05) is 30.1 Å². The molecule has 0 saturated carbocycles. The van der Waals surface area contributed by atoms with Gasteiger partial charge in [-0.2, -0.15) is 0 Å². The van der Waals surface area contributed by atoms with Crippen molar-refractivity contribution < 1.29 is 4.92 Å². The Hall–Kier alpha value is -1.76. The van der Waals surface area contributed by atoms with E-state index in [2.05, 4.69) is 36.4 Å². The Morgan fingerprint density at radius 3 is 2.52 bits per heavy atom. The van der Waals surface area contributed by atoms with Crippen LogP contribution in [0.15, 0.2) is 42.5 Å². The smallest absolute Gasteiger partial charge is 0.310 e. The molecule has 1 aromatic carbocycles. The molecule has 1 unspecified atom stereocenters. The summed E-state index contributed by atoms with van der Waals surface area (Å²) in [6, 6.07) is 14.0. The summed E-state index contributed by atoms with van der Waals surface area (Å²) < 4.78 is 0. The first-order valence-corrected chi connectivity index (χ1v) is 7.55. The van der Waals surface area contributed by atoms with E-state index in [1.54, 1.807) is 6.07 Å². The number of likely N-dealkylation sites (N-methyl/N-ethyl adjacent to an activating group) is 1. The Morgan fingerprint density at radius 2 is 1.95 bits per heavy atom. The van der Waals surface area contributed by atoms with Gasteiger partial charge >= 0.3 is 5.00 Å². The zero-order valence-corrected chi connectivity index (χ0v) is 13.0. The first-order valence-electron chi connectivity index (χ1n) is 6.73. The van der Waals surface area contributed by atoms with E-state index in [1.165, 1.54) is 16.9 Å². The zero-order chi connectivity index (χ0) is 15.2. The van der Waals surface area contributed by atoms with Crippen LogP contribution >= 0.6 is 11.3 Å². The van der Waals surface area contributed by atoms with Gasteiger partial charge in [-0.15, -0.1) is 0 Å². The Morgan fingerprint density at radius 1 is 1.24 bits per heavy atom. The minimum Gasteiger partial charge on any atom is -0.310 e. The Bertz CT molecular complexity index is 584. The largest absolute Gasteiger partial charge is 0.324 e. The highest BCUT2D eigenvalue weighted by molar-refractivity contribution is 7.15. The van der Waals surface area contributed by atoms with Crippen molar-refractivity contribution in [3.8, 4) is 0 Å². The highest BCUT2D eigenvalue weighted by atomic mass is 32.1. The van der Waals surface area contributed by atoms with Crippen LogP contribution in [0.4, 0.5) is 5.00 Å². The SMILES string of the molecule is CN(C)C(CNCc1ccc([N+](=O)[O-])s1)c1ccccc1. The van der Waals surface area contributed by atoms with Crippen LogP contribution in [0.25, 0.3) is 0 Å². The van der Waals surface area contributed by atoms with Crippen molar-refractivity contribution in [2.45, 2.75) is 12.6 Å². The van der Waals surface area contributed by atoms with Crippen LogP contribution in [0.3, 0.4) is 0 Å². The third-order valence-corrected chi connectivity index (χ3v) is 4.31. The molecule has 0 fully saturated rings. The first kappa shape index (κ1) is 15.6. The van der Waals surface area contributed by atoms with Crippen LogP contribution in [0.5, 0.6) is 0 Å². The molecule has 0 radical (unpaired) electrons. The first-order chi connectivity index (χ1) is 10.1. The summed E-state index contributed by atoms with van der Waals surface area (Å²) in [6.07, 6.45) is 0. The number of hydrogen-bond acceptors (Lipinski definition) is 5. The summed E-state index contributed by atoms with van der Waals surface area (Å²) in [5, 5.41) is 14.2. The lowest BCUT2D eigenvalue weighted by molar-refractivity contribution is -0.380. The molecule has 0 bridgehead atoms. The molecule has 2 aromatic rings. The Kier molecular flexibility index (Phi) is 5.44. The fourth-order valence-electron chi connectivity index (χ4n) is 2.17. The van der Waals surface area contributed by atoms with Gasteiger partial charge in [0.2, 0.25) is 0 Å². The van der Waals surface area contributed by atoms with Crippen LogP contribution in [0, 0.1) is 10.1 Å². The van der Waals surface area contributed by atoms with Gasteiger partial charge in [-0.1, -0.05) is 41.7 Å². The number of nitro groups is 1. The monoisotopic (exact) mass is 305 g/mol. The second-order valence-corrected chi connectivity index (χ2v) is 6.16. The van der Waals surface area contributed by atoms with Gasteiger partial charge in [-0.25, -0.2) is 0 Å². The van der Waals surface area contributed by atoms with Gasteiger partial charge in [0.1, 0.15) is 0 Å². The third-order valence-electron chi connectivity index (χ3n) is 3.27. The predicted molar refractivity (Wildman–Crippen MR) is 85.6 cm³/mol. The molecule has 0 aliphatic heterocycles. The molecule has 0 saturated heterocycles. The van der Waals surface area contributed by atoms with Crippen molar-refractivity contribution in [1.82, 2.24) is 10.2 Å². The quantitative estimate of drug-likeness (QED) is 0.631. The van der Waals surface area contributed by atoms with Gasteiger partial charge in [0.15, 0.2) is 0 Å². The van der Waals surface area contributed by atoms with Crippen molar-refractivity contribution >= 4 is 16.3 Å². The van der Waals surface area contributed by atoms with E-state index >= 15 is 0 Å². The van der Waals surface area contributed by atoms with Crippen molar-refractivity contribution in [1.29, 1.82) is 0 Å². The second kappa shape index (κ2) is 7.31.